The molecule has 0 spiro atoms. The van der Waals surface area contributed by atoms with Crippen LogP contribution >= 0.6 is 0 Å². The highest BCUT2D eigenvalue weighted by molar-refractivity contribution is 5.96. The third-order valence-corrected chi connectivity index (χ3v) is 6.03. The van der Waals surface area contributed by atoms with Crippen molar-refractivity contribution in [3.8, 4) is 22.8 Å². The summed E-state index contributed by atoms with van der Waals surface area (Å²) in [6, 6.07) is 9.34. The fourth-order valence-corrected chi connectivity index (χ4v) is 4.23. The highest BCUT2D eigenvalue weighted by Crippen LogP contribution is 2.38. The highest BCUT2D eigenvalue weighted by Gasteiger charge is 2.22. The van der Waals surface area contributed by atoms with Gasteiger partial charge in [-0.25, -0.2) is 4.98 Å². The van der Waals surface area contributed by atoms with E-state index in [2.05, 4.69) is 22.2 Å². The number of H-pyrrole nitrogens is 1. The van der Waals surface area contributed by atoms with Gasteiger partial charge in [0.05, 0.1) is 13.7 Å². The van der Waals surface area contributed by atoms with Crippen molar-refractivity contribution >= 4 is 5.91 Å². The Morgan fingerprint density at radius 3 is 2.79 bits per heavy atom. The van der Waals surface area contributed by atoms with E-state index in [4.69, 9.17) is 9.47 Å². The Morgan fingerprint density at radius 2 is 2.09 bits per heavy atom. The normalized spacial score (nSPS) is 15.2. The van der Waals surface area contributed by atoms with Gasteiger partial charge in [-0.05, 0) is 68.0 Å². The number of pyridine rings is 2. The van der Waals surface area contributed by atoms with Crippen LogP contribution in [0.3, 0.4) is 0 Å². The quantitative estimate of drug-likeness (QED) is 0.618. The number of carbonyl (C=O) groups excluding carboxylic acids is 1. The molecule has 0 saturated heterocycles. The van der Waals surface area contributed by atoms with Crippen LogP contribution in [-0.4, -0.2) is 29.6 Å². The Hall–Kier alpha value is -3.61. The molecule has 7 heteroatoms. The second-order valence-electron chi connectivity index (χ2n) is 8.67. The molecule has 3 aromatic rings. The molecule has 4 rings (SSSR count). The molecule has 0 saturated carbocycles. The number of aryl methyl sites for hydroxylation is 2. The molecule has 172 valence electrons. The Kier molecular flexibility index (Phi) is 6.49. The molecule has 1 aromatic carbocycles. The Labute approximate surface area is 193 Å². The number of hydrogen-bond donors (Lipinski definition) is 2. The number of nitrogens with zero attached hydrogens (tertiary/aromatic N) is 1. The van der Waals surface area contributed by atoms with E-state index < -0.39 is 0 Å². The fraction of sp³-hybridized carbons (Fsp3) is 0.346. The number of hydrogen-bond acceptors (Lipinski definition) is 5. The molecule has 1 unspecified atom stereocenters. The van der Waals surface area contributed by atoms with E-state index >= 15 is 0 Å². The molecule has 2 N–H and O–H groups in total. The molecular formula is C26H29N3O4. The van der Waals surface area contributed by atoms with Crippen molar-refractivity contribution in [3.63, 3.8) is 0 Å². The highest BCUT2D eigenvalue weighted by atomic mass is 16.5. The van der Waals surface area contributed by atoms with Crippen molar-refractivity contribution in [2.24, 2.45) is 5.92 Å². The number of methoxy groups -OCH3 is 1. The molecule has 0 fully saturated rings. The standard InChI is InChI=1S/C26H29N3O4/c1-15-7-8-33-24-19(9-15)11-20(12-21(24)18-5-6-23(32-4)27-13-18)25(30)28-14-22-16(2)10-17(3)29-26(22)31/h5-6,10-13,15H,7-9,14H2,1-4H3,(H,28,30)(H,29,31). The lowest BCUT2D eigenvalue weighted by Gasteiger charge is -2.16. The van der Waals surface area contributed by atoms with E-state index in [9.17, 15) is 9.59 Å². The van der Waals surface area contributed by atoms with Crippen molar-refractivity contribution in [3.05, 3.63) is 74.8 Å². The summed E-state index contributed by atoms with van der Waals surface area (Å²) in [6.45, 7) is 6.69. The topological polar surface area (TPSA) is 93.3 Å². The van der Waals surface area contributed by atoms with Gasteiger partial charge in [-0.2, -0.15) is 0 Å². The maximum absolute atomic E-state index is 13.1. The van der Waals surface area contributed by atoms with Crippen LogP contribution in [0.2, 0.25) is 0 Å². The molecule has 2 aromatic heterocycles. The van der Waals surface area contributed by atoms with E-state index in [0.29, 0.717) is 29.5 Å². The van der Waals surface area contributed by atoms with Crippen LogP contribution in [0.25, 0.3) is 11.1 Å². The second kappa shape index (κ2) is 9.48. The molecule has 1 atom stereocenters. The minimum atomic E-state index is -0.239. The van der Waals surface area contributed by atoms with E-state index in [1.807, 2.05) is 38.1 Å². The van der Waals surface area contributed by atoms with E-state index in [-0.39, 0.29) is 18.0 Å². The maximum Gasteiger partial charge on any atom is 0.253 e. The summed E-state index contributed by atoms with van der Waals surface area (Å²) >= 11 is 0. The number of benzene rings is 1. The van der Waals surface area contributed by atoms with E-state index in [1.54, 1.807) is 19.4 Å². The van der Waals surface area contributed by atoms with Gasteiger partial charge in [-0.15, -0.1) is 0 Å². The smallest absolute Gasteiger partial charge is 0.253 e. The summed E-state index contributed by atoms with van der Waals surface area (Å²) in [5, 5.41) is 2.91. The first-order valence-electron chi connectivity index (χ1n) is 11.1. The van der Waals surface area contributed by atoms with Crippen LogP contribution < -0.4 is 20.3 Å². The summed E-state index contributed by atoms with van der Waals surface area (Å²) in [4.78, 5) is 32.6. The number of nitrogens with one attached hydrogen (secondary N) is 2. The van der Waals surface area contributed by atoms with Crippen molar-refractivity contribution in [2.75, 3.05) is 13.7 Å². The van der Waals surface area contributed by atoms with Gasteiger partial charge in [0.2, 0.25) is 5.88 Å². The van der Waals surface area contributed by atoms with Gasteiger partial charge in [0.1, 0.15) is 5.75 Å². The van der Waals surface area contributed by atoms with Crippen LogP contribution in [0.5, 0.6) is 11.6 Å². The first kappa shape index (κ1) is 22.6. The number of aromatic nitrogens is 2. The zero-order valence-corrected chi connectivity index (χ0v) is 19.5. The SMILES string of the molecule is COc1ccc(-c2cc(C(=O)NCc3c(C)cc(C)[nH]c3=O)cc3c2OCCC(C)C3)cn1. The van der Waals surface area contributed by atoms with Gasteiger partial charge in [0.25, 0.3) is 11.5 Å². The van der Waals surface area contributed by atoms with Crippen molar-refractivity contribution < 1.29 is 14.3 Å². The first-order valence-corrected chi connectivity index (χ1v) is 11.1. The molecule has 33 heavy (non-hydrogen) atoms. The summed E-state index contributed by atoms with van der Waals surface area (Å²) in [5.41, 5.74) is 5.23. The Morgan fingerprint density at radius 1 is 1.27 bits per heavy atom. The van der Waals surface area contributed by atoms with Gasteiger partial charge in [0, 0.05) is 46.8 Å². The first-order chi connectivity index (χ1) is 15.9. The van der Waals surface area contributed by atoms with Crippen molar-refractivity contribution in [1.82, 2.24) is 15.3 Å². The molecule has 1 amide bonds. The minimum Gasteiger partial charge on any atom is -0.493 e. The van der Waals surface area contributed by atoms with Crippen LogP contribution in [0.1, 0.15) is 46.1 Å². The zero-order valence-electron chi connectivity index (χ0n) is 19.5. The third kappa shape index (κ3) is 4.92. The molecule has 0 radical (unpaired) electrons. The lowest BCUT2D eigenvalue weighted by atomic mass is 9.93. The Bertz CT molecular complexity index is 1230. The Balaban J connectivity index is 1.69. The lowest BCUT2D eigenvalue weighted by Crippen LogP contribution is -2.28. The number of carbonyl (C=O) groups is 1. The van der Waals surface area contributed by atoms with Gasteiger partial charge >= 0.3 is 0 Å². The van der Waals surface area contributed by atoms with Crippen molar-refractivity contribution in [2.45, 2.75) is 40.2 Å². The average molecular weight is 448 g/mol. The molecule has 0 aliphatic carbocycles. The van der Waals surface area contributed by atoms with Crippen LogP contribution in [-0.2, 0) is 13.0 Å². The monoisotopic (exact) mass is 447 g/mol. The largest absolute Gasteiger partial charge is 0.493 e. The fourth-order valence-electron chi connectivity index (χ4n) is 4.23. The van der Waals surface area contributed by atoms with Gasteiger partial charge < -0.3 is 19.8 Å². The number of amides is 1. The van der Waals surface area contributed by atoms with Crippen LogP contribution in [0, 0.1) is 19.8 Å². The summed E-state index contributed by atoms with van der Waals surface area (Å²) in [7, 11) is 1.57. The van der Waals surface area contributed by atoms with Crippen LogP contribution in [0.4, 0.5) is 0 Å². The third-order valence-electron chi connectivity index (χ3n) is 6.03. The molecule has 7 nitrogen and oxygen atoms in total. The van der Waals surface area contributed by atoms with E-state index in [1.165, 1.54) is 0 Å². The van der Waals surface area contributed by atoms with E-state index in [0.717, 1.165) is 46.5 Å². The number of ether oxygens (including phenoxy) is 2. The molecule has 0 bridgehead atoms. The molecule has 1 aliphatic heterocycles. The molecule has 3 heterocycles. The summed E-state index contributed by atoms with van der Waals surface area (Å²) < 4.78 is 11.3. The maximum atomic E-state index is 13.1. The average Bonchev–Trinajstić information content (AvgIpc) is 2.98. The number of rotatable bonds is 5. The van der Waals surface area contributed by atoms with Gasteiger partial charge in [0.15, 0.2) is 0 Å². The second-order valence-corrected chi connectivity index (χ2v) is 8.67. The number of fused-ring (bicyclic) bond motifs is 1. The number of aromatic amines is 1. The van der Waals surface area contributed by atoms with Crippen LogP contribution in [0.15, 0.2) is 41.3 Å². The summed E-state index contributed by atoms with van der Waals surface area (Å²) in [6.07, 6.45) is 3.50. The zero-order chi connectivity index (χ0) is 23.5. The lowest BCUT2D eigenvalue weighted by molar-refractivity contribution is 0.0950. The van der Waals surface area contributed by atoms with Gasteiger partial charge in [-0.3, -0.25) is 9.59 Å². The molecule has 1 aliphatic rings. The predicted molar refractivity (Wildman–Crippen MR) is 127 cm³/mol. The van der Waals surface area contributed by atoms with Gasteiger partial charge in [-0.1, -0.05) is 6.92 Å². The van der Waals surface area contributed by atoms with Crippen molar-refractivity contribution in [1.29, 1.82) is 0 Å². The summed E-state index contributed by atoms with van der Waals surface area (Å²) in [5.74, 6) is 1.53. The minimum absolute atomic E-state index is 0.156. The predicted octanol–water partition coefficient (Wildman–Crippen LogP) is 3.95. The molecular weight excluding hydrogens is 418 g/mol.